The van der Waals surface area contributed by atoms with Crippen LogP contribution >= 0.6 is 0 Å². The molecule has 0 aliphatic carbocycles. The third kappa shape index (κ3) is 2.37. The van der Waals surface area contributed by atoms with Crippen molar-refractivity contribution < 1.29 is 19.0 Å². The Balaban J connectivity index is 2.56. The van der Waals surface area contributed by atoms with Crippen LogP contribution in [0.5, 0.6) is 5.75 Å². The van der Waals surface area contributed by atoms with Gasteiger partial charge in [0.15, 0.2) is 0 Å². The van der Waals surface area contributed by atoms with Crippen molar-refractivity contribution in [2.45, 2.75) is 38.8 Å². The van der Waals surface area contributed by atoms with Crippen LogP contribution in [0, 0.1) is 5.82 Å². The molecule has 0 atom stereocenters. The zero-order valence-corrected chi connectivity index (χ0v) is 11.5. The van der Waals surface area contributed by atoms with Crippen molar-refractivity contribution in [3.05, 3.63) is 24.0 Å². The Morgan fingerprint density at radius 1 is 1.47 bits per heavy atom. The molecule has 0 unspecified atom stereocenters. The average Bonchev–Trinajstić information content (AvgIpc) is 2.27. The molecule has 0 fully saturated rings. The summed E-state index contributed by atoms with van der Waals surface area (Å²) >= 11 is 0. The SMILES string of the molecule is CC1(C)CN(C(C)(C)C(=O)O)c2cc(F)ccc2O1. The first-order valence-corrected chi connectivity index (χ1v) is 6.13. The molecule has 1 N–H and O–H groups in total. The summed E-state index contributed by atoms with van der Waals surface area (Å²) < 4.78 is 19.2. The van der Waals surface area contributed by atoms with E-state index in [1.807, 2.05) is 13.8 Å². The predicted octanol–water partition coefficient (Wildman–Crippen LogP) is 2.67. The molecule has 0 bridgehead atoms. The smallest absolute Gasteiger partial charge is 0.328 e. The summed E-state index contributed by atoms with van der Waals surface area (Å²) in [5, 5.41) is 9.38. The standard InChI is InChI=1S/C14H18FNO3/c1-13(2)8-16(14(3,4)12(17)18)10-7-9(15)5-6-11(10)19-13/h5-7H,8H2,1-4H3,(H,17,18). The largest absolute Gasteiger partial charge is 0.484 e. The molecule has 1 aromatic carbocycles. The summed E-state index contributed by atoms with van der Waals surface area (Å²) in [7, 11) is 0. The summed E-state index contributed by atoms with van der Waals surface area (Å²) in [6.07, 6.45) is 0. The van der Waals surface area contributed by atoms with E-state index in [-0.39, 0.29) is 0 Å². The minimum atomic E-state index is -1.14. The second kappa shape index (κ2) is 4.11. The lowest BCUT2D eigenvalue weighted by Gasteiger charge is -2.46. The van der Waals surface area contributed by atoms with Crippen LogP contribution in [0.2, 0.25) is 0 Å². The van der Waals surface area contributed by atoms with Gasteiger partial charge in [0.2, 0.25) is 0 Å². The lowest BCUT2D eigenvalue weighted by Crippen LogP contribution is -2.58. The summed E-state index contributed by atoms with van der Waals surface area (Å²) in [5.41, 5.74) is -1.19. The van der Waals surface area contributed by atoms with Gasteiger partial charge in [0.1, 0.15) is 22.7 Å². The Morgan fingerprint density at radius 2 is 2.11 bits per heavy atom. The van der Waals surface area contributed by atoms with Crippen LogP contribution in [0.4, 0.5) is 10.1 Å². The summed E-state index contributed by atoms with van der Waals surface area (Å²) in [5.74, 6) is -0.861. The second-order valence-electron chi connectivity index (χ2n) is 5.92. The first-order valence-electron chi connectivity index (χ1n) is 6.13. The highest BCUT2D eigenvalue weighted by atomic mass is 19.1. The first kappa shape index (κ1) is 13.6. The molecule has 0 spiro atoms. The number of carbonyl (C=O) groups is 1. The lowest BCUT2D eigenvalue weighted by atomic mass is 9.96. The van der Waals surface area contributed by atoms with Crippen LogP contribution in [0.15, 0.2) is 18.2 Å². The first-order chi connectivity index (χ1) is 8.63. The molecule has 1 aromatic rings. The molecule has 1 aliphatic heterocycles. The Hall–Kier alpha value is -1.78. The number of hydrogen-bond donors (Lipinski definition) is 1. The Labute approximate surface area is 111 Å². The van der Waals surface area contributed by atoms with Gasteiger partial charge in [-0.1, -0.05) is 0 Å². The van der Waals surface area contributed by atoms with Gasteiger partial charge in [0, 0.05) is 6.07 Å². The molecular weight excluding hydrogens is 249 g/mol. The molecule has 0 saturated carbocycles. The van der Waals surface area contributed by atoms with Crippen LogP contribution in [0.25, 0.3) is 0 Å². The van der Waals surface area contributed by atoms with Gasteiger partial charge in [-0.15, -0.1) is 0 Å². The summed E-state index contributed by atoms with van der Waals surface area (Å²) in [6.45, 7) is 7.34. The molecule has 0 radical (unpaired) electrons. The van der Waals surface area contributed by atoms with E-state index in [2.05, 4.69) is 0 Å². The van der Waals surface area contributed by atoms with Gasteiger partial charge in [-0.05, 0) is 39.8 Å². The van der Waals surface area contributed by atoms with Gasteiger partial charge in [-0.3, -0.25) is 0 Å². The predicted molar refractivity (Wildman–Crippen MR) is 70.2 cm³/mol. The molecule has 0 aromatic heterocycles. The van der Waals surface area contributed by atoms with Crippen molar-refractivity contribution in [1.82, 2.24) is 0 Å². The number of anilines is 1. The zero-order chi connectivity index (χ0) is 14.4. The van der Waals surface area contributed by atoms with Crippen LogP contribution in [0.3, 0.4) is 0 Å². The maximum Gasteiger partial charge on any atom is 0.328 e. The fourth-order valence-corrected chi connectivity index (χ4v) is 2.20. The van der Waals surface area contributed by atoms with Crippen LogP contribution in [-0.4, -0.2) is 28.8 Å². The van der Waals surface area contributed by atoms with Crippen molar-refractivity contribution in [3.63, 3.8) is 0 Å². The van der Waals surface area contributed by atoms with Gasteiger partial charge >= 0.3 is 5.97 Å². The monoisotopic (exact) mass is 267 g/mol. The normalized spacial score (nSPS) is 17.6. The zero-order valence-electron chi connectivity index (χ0n) is 11.5. The van der Waals surface area contributed by atoms with E-state index in [0.717, 1.165) is 0 Å². The third-order valence-electron chi connectivity index (χ3n) is 3.34. The van der Waals surface area contributed by atoms with E-state index < -0.39 is 22.9 Å². The van der Waals surface area contributed by atoms with E-state index in [4.69, 9.17) is 4.74 Å². The highest BCUT2D eigenvalue weighted by Crippen LogP contribution is 2.40. The molecule has 4 nitrogen and oxygen atoms in total. The Kier molecular flexibility index (Phi) is 2.96. The second-order valence-corrected chi connectivity index (χ2v) is 5.92. The molecule has 1 heterocycles. The quantitative estimate of drug-likeness (QED) is 0.895. The van der Waals surface area contributed by atoms with Gasteiger partial charge in [-0.2, -0.15) is 0 Å². The molecule has 104 valence electrons. The fraction of sp³-hybridized carbons (Fsp3) is 0.500. The van der Waals surface area contributed by atoms with Crippen molar-refractivity contribution in [2.75, 3.05) is 11.4 Å². The maximum absolute atomic E-state index is 13.4. The highest BCUT2D eigenvalue weighted by Gasteiger charge is 2.42. The third-order valence-corrected chi connectivity index (χ3v) is 3.34. The molecule has 1 aliphatic rings. The number of halogens is 1. The number of nitrogens with zero attached hydrogens (tertiary/aromatic N) is 1. The van der Waals surface area contributed by atoms with Crippen molar-refractivity contribution in [1.29, 1.82) is 0 Å². The number of rotatable bonds is 2. The summed E-state index contributed by atoms with van der Waals surface area (Å²) in [4.78, 5) is 13.1. The molecule has 0 amide bonds. The van der Waals surface area contributed by atoms with E-state index >= 15 is 0 Å². The van der Waals surface area contributed by atoms with Gasteiger partial charge in [0.05, 0.1) is 12.2 Å². The molecule has 0 saturated heterocycles. The van der Waals surface area contributed by atoms with E-state index in [1.165, 1.54) is 18.2 Å². The number of hydrogen-bond acceptors (Lipinski definition) is 3. The van der Waals surface area contributed by atoms with E-state index in [1.54, 1.807) is 18.7 Å². The topological polar surface area (TPSA) is 49.8 Å². The van der Waals surface area contributed by atoms with E-state index in [0.29, 0.717) is 18.0 Å². The minimum absolute atomic E-state index is 0.378. The number of carboxylic acids is 1. The molecule has 2 rings (SSSR count). The molecule has 19 heavy (non-hydrogen) atoms. The summed E-state index contributed by atoms with van der Waals surface area (Å²) in [6, 6.07) is 4.16. The Bertz CT molecular complexity index is 525. The number of carboxylic acid groups (broad SMARTS) is 1. The highest BCUT2D eigenvalue weighted by molar-refractivity contribution is 5.84. The van der Waals surface area contributed by atoms with Gasteiger partial charge in [0.25, 0.3) is 0 Å². The van der Waals surface area contributed by atoms with Crippen molar-refractivity contribution >= 4 is 11.7 Å². The number of ether oxygens (including phenoxy) is 1. The van der Waals surface area contributed by atoms with Crippen LogP contribution in [0.1, 0.15) is 27.7 Å². The Morgan fingerprint density at radius 3 is 2.68 bits per heavy atom. The average molecular weight is 267 g/mol. The number of fused-ring (bicyclic) bond motifs is 1. The maximum atomic E-state index is 13.4. The minimum Gasteiger partial charge on any atom is -0.484 e. The van der Waals surface area contributed by atoms with Gasteiger partial charge < -0.3 is 14.7 Å². The van der Waals surface area contributed by atoms with Crippen LogP contribution in [-0.2, 0) is 4.79 Å². The molecular formula is C14H18FNO3. The van der Waals surface area contributed by atoms with E-state index in [9.17, 15) is 14.3 Å². The molecule has 5 heteroatoms. The lowest BCUT2D eigenvalue weighted by molar-refractivity contribution is -0.142. The van der Waals surface area contributed by atoms with Gasteiger partial charge in [-0.25, -0.2) is 9.18 Å². The van der Waals surface area contributed by atoms with Crippen molar-refractivity contribution in [3.8, 4) is 5.75 Å². The number of benzene rings is 1. The van der Waals surface area contributed by atoms with Crippen molar-refractivity contribution in [2.24, 2.45) is 0 Å². The van der Waals surface area contributed by atoms with Crippen LogP contribution < -0.4 is 9.64 Å². The number of aliphatic carboxylic acids is 1. The fourth-order valence-electron chi connectivity index (χ4n) is 2.20.